The lowest BCUT2D eigenvalue weighted by Gasteiger charge is -2.29. The Hall–Kier alpha value is -0.750. The summed E-state index contributed by atoms with van der Waals surface area (Å²) in [4.78, 5) is 6.84. The van der Waals surface area contributed by atoms with Gasteiger partial charge in [-0.25, -0.2) is 0 Å². The fraction of sp³-hybridized carbons (Fsp3) is 0.818. The second-order valence-electron chi connectivity index (χ2n) is 4.87. The maximum atomic E-state index is 5.98. The number of piperidine rings is 1. The highest BCUT2D eigenvalue weighted by Gasteiger charge is 2.24. The first kappa shape index (κ1) is 11.3. The lowest BCUT2D eigenvalue weighted by Crippen LogP contribution is -2.43. The summed E-state index contributed by atoms with van der Waals surface area (Å²) in [5, 5.41) is 7.96. The van der Waals surface area contributed by atoms with Gasteiger partial charge in [-0.1, -0.05) is 0 Å². The van der Waals surface area contributed by atoms with Crippen molar-refractivity contribution in [3.05, 3.63) is 5.82 Å². The van der Waals surface area contributed by atoms with Crippen LogP contribution in [0.15, 0.2) is 0 Å². The van der Waals surface area contributed by atoms with Crippen LogP contribution in [0.4, 0.5) is 5.95 Å². The molecule has 5 nitrogen and oxygen atoms in total. The van der Waals surface area contributed by atoms with E-state index in [9.17, 15) is 0 Å². The van der Waals surface area contributed by atoms with Gasteiger partial charge in [0.25, 0.3) is 0 Å². The molecule has 2 aliphatic rings. The second kappa shape index (κ2) is 4.86. The minimum atomic E-state index is 0.270. The summed E-state index contributed by atoms with van der Waals surface area (Å²) >= 11 is 1.98. The normalized spacial score (nSPS) is 29.8. The van der Waals surface area contributed by atoms with Crippen LogP contribution >= 0.6 is 11.8 Å². The Bertz CT molecular complexity index is 374. The lowest BCUT2D eigenvalue weighted by atomic mass is 10.1. The van der Waals surface area contributed by atoms with Crippen LogP contribution in [-0.4, -0.2) is 40.1 Å². The highest BCUT2D eigenvalue weighted by Crippen LogP contribution is 2.38. The zero-order chi connectivity index (χ0) is 11.7. The van der Waals surface area contributed by atoms with E-state index < -0.39 is 0 Å². The molecule has 3 rings (SSSR count). The van der Waals surface area contributed by atoms with Gasteiger partial charge in [-0.15, -0.1) is 5.10 Å². The molecule has 2 unspecified atom stereocenters. The number of rotatable bonds is 2. The van der Waals surface area contributed by atoms with Crippen LogP contribution in [0.3, 0.4) is 0 Å². The predicted molar refractivity (Wildman–Crippen MR) is 70.2 cm³/mol. The van der Waals surface area contributed by atoms with Gasteiger partial charge in [0.1, 0.15) is 5.82 Å². The van der Waals surface area contributed by atoms with Crippen LogP contribution in [0.5, 0.6) is 0 Å². The number of hydrogen-bond acceptors (Lipinski definition) is 5. The van der Waals surface area contributed by atoms with E-state index >= 15 is 0 Å². The van der Waals surface area contributed by atoms with Gasteiger partial charge in [-0.05, 0) is 31.4 Å². The monoisotopic (exact) mass is 253 g/mol. The Morgan fingerprint density at radius 3 is 3.06 bits per heavy atom. The number of anilines is 1. The SMILES string of the molecule is NC1CCCN(c2n[nH]c(C3CCCS3)n2)C1. The molecule has 0 spiro atoms. The maximum Gasteiger partial charge on any atom is 0.244 e. The molecule has 6 heteroatoms. The molecule has 2 fully saturated rings. The van der Waals surface area contributed by atoms with Crippen molar-refractivity contribution in [2.24, 2.45) is 5.73 Å². The van der Waals surface area contributed by atoms with E-state index in [0.29, 0.717) is 5.25 Å². The lowest BCUT2D eigenvalue weighted by molar-refractivity contribution is 0.500. The fourth-order valence-electron chi connectivity index (χ4n) is 2.54. The third kappa shape index (κ3) is 2.42. The number of nitrogens with one attached hydrogen (secondary N) is 1. The van der Waals surface area contributed by atoms with Crippen molar-refractivity contribution in [2.45, 2.75) is 37.0 Å². The minimum absolute atomic E-state index is 0.270. The Morgan fingerprint density at radius 1 is 1.35 bits per heavy atom. The van der Waals surface area contributed by atoms with Crippen molar-refractivity contribution in [1.82, 2.24) is 15.2 Å². The highest BCUT2D eigenvalue weighted by molar-refractivity contribution is 7.99. The smallest absolute Gasteiger partial charge is 0.244 e. The van der Waals surface area contributed by atoms with Gasteiger partial charge >= 0.3 is 0 Å². The van der Waals surface area contributed by atoms with Crippen molar-refractivity contribution in [1.29, 1.82) is 0 Å². The first-order valence-corrected chi connectivity index (χ1v) is 7.42. The van der Waals surface area contributed by atoms with Crippen LogP contribution in [0.1, 0.15) is 36.8 Å². The quantitative estimate of drug-likeness (QED) is 0.831. The average Bonchev–Trinajstić information content (AvgIpc) is 3.00. The molecular weight excluding hydrogens is 234 g/mol. The topological polar surface area (TPSA) is 70.8 Å². The Balaban J connectivity index is 1.70. The first-order valence-electron chi connectivity index (χ1n) is 6.37. The molecule has 0 saturated carbocycles. The summed E-state index contributed by atoms with van der Waals surface area (Å²) < 4.78 is 0. The van der Waals surface area contributed by atoms with Crippen LogP contribution in [0.2, 0.25) is 0 Å². The zero-order valence-corrected chi connectivity index (χ0v) is 10.7. The molecule has 2 aliphatic heterocycles. The molecule has 0 aliphatic carbocycles. The standard InChI is InChI=1S/C11H19N5S/c12-8-3-1-5-16(7-8)11-13-10(14-15-11)9-4-2-6-17-9/h8-9H,1-7,12H2,(H,13,14,15). The summed E-state index contributed by atoms with van der Waals surface area (Å²) in [6.45, 7) is 1.91. The summed E-state index contributed by atoms with van der Waals surface area (Å²) in [7, 11) is 0. The van der Waals surface area contributed by atoms with Crippen LogP contribution in [0.25, 0.3) is 0 Å². The molecule has 3 N–H and O–H groups in total. The van der Waals surface area contributed by atoms with Crippen molar-refractivity contribution in [2.75, 3.05) is 23.7 Å². The summed E-state index contributed by atoms with van der Waals surface area (Å²) in [6.07, 6.45) is 4.77. The van der Waals surface area contributed by atoms with Gasteiger partial charge in [0.05, 0.1) is 5.25 Å². The van der Waals surface area contributed by atoms with Gasteiger partial charge in [0.2, 0.25) is 5.95 Å². The number of hydrogen-bond donors (Lipinski definition) is 2. The van der Waals surface area contributed by atoms with E-state index in [1.54, 1.807) is 0 Å². The molecule has 3 heterocycles. The van der Waals surface area contributed by atoms with Gasteiger partial charge in [0, 0.05) is 19.1 Å². The Morgan fingerprint density at radius 2 is 2.29 bits per heavy atom. The van der Waals surface area contributed by atoms with Gasteiger partial charge < -0.3 is 10.6 Å². The highest BCUT2D eigenvalue weighted by atomic mass is 32.2. The number of aromatic amines is 1. The molecule has 0 aromatic carbocycles. The number of H-pyrrole nitrogens is 1. The second-order valence-corrected chi connectivity index (χ2v) is 6.18. The van der Waals surface area contributed by atoms with Crippen molar-refractivity contribution in [3.63, 3.8) is 0 Å². The Labute approximate surface area is 106 Å². The molecule has 0 amide bonds. The van der Waals surface area contributed by atoms with Gasteiger partial charge in [0.15, 0.2) is 0 Å². The van der Waals surface area contributed by atoms with Crippen molar-refractivity contribution < 1.29 is 0 Å². The maximum absolute atomic E-state index is 5.98. The molecule has 2 saturated heterocycles. The molecule has 17 heavy (non-hydrogen) atoms. The number of thioether (sulfide) groups is 1. The molecule has 1 aromatic rings. The Kier molecular flexibility index (Phi) is 3.24. The zero-order valence-electron chi connectivity index (χ0n) is 9.93. The van der Waals surface area contributed by atoms with Crippen molar-refractivity contribution >= 4 is 17.7 Å². The van der Waals surface area contributed by atoms with E-state index in [2.05, 4.69) is 20.1 Å². The van der Waals surface area contributed by atoms with E-state index in [0.717, 1.165) is 37.7 Å². The molecule has 1 aromatic heterocycles. The summed E-state index contributed by atoms with van der Waals surface area (Å²) in [5.74, 6) is 3.12. The van der Waals surface area contributed by atoms with Gasteiger partial charge in [-0.3, -0.25) is 5.10 Å². The van der Waals surface area contributed by atoms with E-state index in [1.807, 2.05) is 11.8 Å². The molecular formula is C11H19N5S. The molecule has 2 atom stereocenters. The van der Waals surface area contributed by atoms with E-state index in [1.165, 1.54) is 18.6 Å². The largest absolute Gasteiger partial charge is 0.338 e. The first-order chi connectivity index (χ1) is 8.33. The number of aromatic nitrogens is 3. The average molecular weight is 253 g/mol. The number of nitrogens with zero attached hydrogens (tertiary/aromatic N) is 3. The summed E-state index contributed by atoms with van der Waals surface area (Å²) in [6, 6.07) is 0.270. The third-order valence-electron chi connectivity index (χ3n) is 3.47. The van der Waals surface area contributed by atoms with Crippen LogP contribution in [-0.2, 0) is 0 Å². The fourth-order valence-corrected chi connectivity index (χ4v) is 3.75. The molecule has 94 valence electrons. The minimum Gasteiger partial charge on any atom is -0.338 e. The molecule has 0 bridgehead atoms. The number of nitrogens with two attached hydrogens (primary N) is 1. The van der Waals surface area contributed by atoms with Crippen LogP contribution in [0, 0.1) is 0 Å². The van der Waals surface area contributed by atoms with Crippen molar-refractivity contribution in [3.8, 4) is 0 Å². The van der Waals surface area contributed by atoms with Crippen LogP contribution < -0.4 is 10.6 Å². The summed E-state index contributed by atoms with van der Waals surface area (Å²) in [5.41, 5.74) is 5.98. The third-order valence-corrected chi connectivity index (χ3v) is 4.85. The predicted octanol–water partition coefficient (Wildman–Crippen LogP) is 1.30. The van der Waals surface area contributed by atoms with Gasteiger partial charge in [-0.2, -0.15) is 16.7 Å². The van der Waals surface area contributed by atoms with E-state index in [4.69, 9.17) is 5.73 Å². The van der Waals surface area contributed by atoms with E-state index in [-0.39, 0.29) is 6.04 Å². The molecule has 0 radical (unpaired) electrons.